The van der Waals surface area contributed by atoms with Gasteiger partial charge in [0.1, 0.15) is 6.20 Å². The Bertz CT molecular complexity index is 703. The Morgan fingerprint density at radius 3 is 2.76 bits per heavy atom. The normalized spacial score (nSPS) is 11.3. The van der Waals surface area contributed by atoms with E-state index in [1.165, 1.54) is 13.3 Å². The molecular weight excluding hydrogens is 296 g/mol. The molecule has 0 atom stereocenters. The predicted octanol–water partition coefficient (Wildman–Crippen LogP) is -0.230. The average molecular weight is 310 g/mol. The molecule has 0 aliphatic heterocycles. The third-order valence-electron chi connectivity index (χ3n) is 2.67. The van der Waals surface area contributed by atoms with Crippen molar-refractivity contribution in [3.05, 3.63) is 30.9 Å². The van der Waals surface area contributed by atoms with Crippen molar-refractivity contribution in [2.45, 2.75) is 13.0 Å². The van der Waals surface area contributed by atoms with Gasteiger partial charge in [-0.1, -0.05) is 4.68 Å². The number of aryl methyl sites for hydroxylation is 1. The van der Waals surface area contributed by atoms with Crippen LogP contribution in [0, 0.1) is 0 Å². The molecule has 112 valence electrons. The largest absolute Gasteiger partial charge is 0.748 e. The molecule has 2 heterocycles. The summed E-state index contributed by atoms with van der Waals surface area (Å²) in [6, 6.07) is 1.78. The van der Waals surface area contributed by atoms with E-state index in [9.17, 15) is 13.0 Å². The zero-order valence-corrected chi connectivity index (χ0v) is 12.2. The molecule has 0 aliphatic carbocycles. The monoisotopic (exact) mass is 310 g/mol. The van der Waals surface area contributed by atoms with Crippen LogP contribution in [0.1, 0.15) is 6.42 Å². The minimum atomic E-state index is -4.18. The highest BCUT2D eigenvalue weighted by atomic mass is 32.2. The third kappa shape index (κ3) is 4.72. The SMILES string of the molecule is COc1cncc(-c2cc[n+](CCCS(=O)(=O)[O-])nc2)n1. The summed E-state index contributed by atoms with van der Waals surface area (Å²) in [5.41, 5.74) is 1.38. The molecule has 0 aromatic carbocycles. The van der Waals surface area contributed by atoms with Gasteiger partial charge in [0.25, 0.3) is 0 Å². The minimum Gasteiger partial charge on any atom is -0.748 e. The Morgan fingerprint density at radius 1 is 1.33 bits per heavy atom. The number of nitrogens with zero attached hydrogens (tertiary/aromatic N) is 4. The van der Waals surface area contributed by atoms with Gasteiger partial charge < -0.3 is 9.29 Å². The van der Waals surface area contributed by atoms with Crippen LogP contribution in [-0.4, -0.2) is 40.9 Å². The van der Waals surface area contributed by atoms with E-state index in [0.717, 1.165) is 5.56 Å². The number of aromatic nitrogens is 4. The number of ether oxygens (including phenoxy) is 1. The summed E-state index contributed by atoms with van der Waals surface area (Å²) in [7, 11) is -2.67. The molecule has 0 fully saturated rings. The maximum atomic E-state index is 10.5. The van der Waals surface area contributed by atoms with Crippen LogP contribution in [0.25, 0.3) is 11.3 Å². The van der Waals surface area contributed by atoms with Crippen LogP contribution in [0.3, 0.4) is 0 Å². The highest BCUT2D eigenvalue weighted by Gasteiger charge is 2.08. The van der Waals surface area contributed by atoms with Gasteiger partial charge in [-0.05, 0) is 5.10 Å². The molecule has 9 heteroatoms. The number of rotatable bonds is 6. The summed E-state index contributed by atoms with van der Waals surface area (Å²) in [6.07, 6.45) is 6.60. The molecule has 0 radical (unpaired) electrons. The second-order valence-electron chi connectivity index (χ2n) is 4.24. The highest BCUT2D eigenvalue weighted by Crippen LogP contribution is 2.15. The third-order valence-corrected chi connectivity index (χ3v) is 3.46. The highest BCUT2D eigenvalue weighted by molar-refractivity contribution is 7.85. The average Bonchev–Trinajstić information content (AvgIpc) is 2.47. The molecule has 2 rings (SSSR count). The predicted molar refractivity (Wildman–Crippen MR) is 71.2 cm³/mol. The van der Waals surface area contributed by atoms with Crippen molar-refractivity contribution in [3.63, 3.8) is 0 Å². The van der Waals surface area contributed by atoms with Crippen LogP contribution in [0.15, 0.2) is 30.9 Å². The van der Waals surface area contributed by atoms with Gasteiger partial charge >= 0.3 is 0 Å². The van der Waals surface area contributed by atoms with Crippen molar-refractivity contribution < 1.29 is 22.4 Å². The first-order valence-electron chi connectivity index (χ1n) is 6.14. The van der Waals surface area contributed by atoms with Gasteiger partial charge in [-0.2, -0.15) is 0 Å². The van der Waals surface area contributed by atoms with Gasteiger partial charge in [0.15, 0.2) is 12.7 Å². The van der Waals surface area contributed by atoms with Gasteiger partial charge in [-0.3, -0.25) is 4.98 Å². The van der Waals surface area contributed by atoms with Crippen molar-refractivity contribution in [1.29, 1.82) is 0 Å². The number of methoxy groups -OCH3 is 1. The van der Waals surface area contributed by atoms with Gasteiger partial charge in [0.05, 0.1) is 35.3 Å². The van der Waals surface area contributed by atoms with E-state index in [0.29, 0.717) is 18.1 Å². The Labute approximate surface area is 122 Å². The summed E-state index contributed by atoms with van der Waals surface area (Å²) in [5.74, 6) is 0.00927. The van der Waals surface area contributed by atoms with Crippen LogP contribution < -0.4 is 9.42 Å². The van der Waals surface area contributed by atoms with Crippen LogP contribution >= 0.6 is 0 Å². The fraction of sp³-hybridized carbons (Fsp3) is 0.333. The first kappa shape index (κ1) is 15.3. The second kappa shape index (κ2) is 6.55. The van der Waals surface area contributed by atoms with E-state index in [4.69, 9.17) is 4.74 Å². The molecule has 0 unspecified atom stereocenters. The summed E-state index contributed by atoms with van der Waals surface area (Å²) >= 11 is 0. The number of hydrogen-bond acceptors (Lipinski definition) is 7. The maximum absolute atomic E-state index is 10.5. The van der Waals surface area contributed by atoms with Gasteiger partial charge in [-0.25, -0.2) is 13.4 Å². The van der Waals surface area contributed by atoms with Crippen molar-refractivity contribution in [1.82, 2.24) is 15.1 Å². The first-order chi connectivity index (χ1) is 9.98. The Balaban J connectivity index is 2.04. The van der Waals surface area contributed by atoms with E-state index in [2.05, 4.69) is 15.1 Å². The van der Waals surface area contributed by atoms with Crippen molar-refractivity contribution in [3.8, 4) is 17.1 Å². The summed E-state index contributed by atoms with van der Waals surface area (Å²) in [6.45, 7) is 0.353. The minimum absolute atomic E-state index is 0.224. The summed E-state index contributed by atoms with van der Waals surface area (Å²) < 4.78 is 38.1. The van der Waals surface area contributed by atoms with Crippen LogP contribution in [-0.2, 0) is 16.7 Å². The molecule has 2 aromatic heterocycles. The van der Waals surface area contributed by atoms with Gasteiger partial charge in [0.2, 0.25) is 5.88 Å². The molecule has 0 saturated carbocycles. The lowest BCUT2D eigenvalue weighted by atomic mass is 10.2. The Morgan fingerprint density at radius 2 is 2.14 bits per heavy atom. The molecule has 0 saturated heterocycles. The molecular formula is C12H14N4O4S. The molecule has 0 bridgehead atoms. The molecule has 0 amide bonds. The maximum Gasteiger partial charge on any atom is 0.232 e. The molecule has 0 aliphatic rings. The summed E-state index contributed by atoms with van der Waals surface area (Å²) in [5, 5.41) is 4.14. The standard InChI is InChI=1S/C12H14N4O4S/c1-20-12-9-13-8-11(15-12)10-3-5-16(14-7-10)4-2-6-21(17,18)19/h3,5,7-9H,2,4,6H2,1H3. The smallest absolute Gasteiger partial charge is 0.232 e. The van der Waals surface area contributed by atoms with E-state index in [1.807, 2.05) is 0 Å². The Kier molecular flexibility index (Phi) is 4.76. The fourth-order valence-electron chi connectivity index (χ4n) is 1.66. The molecule has 21 heavy (non-hydrogen) atoms. The zero-order chi connectivity index (χ0) is 15.3. The quantitative estimate of drug-likeness (QED) is 0.535. The lowest BCUT2D eigenvalue weighted by molar-refractivity contribution is -0.753. The van der Waals surface area contributed by atoms with Crippen LogP contribution in [0.2, 0.25) is 0 Å². The molecule has 2 aromatic rings. The lowest BCUT2D eigenvalue weighted by Gasteiger charge is -2.04. The van der Waals surface area contributed by atoms with Crippen molar-refractivity contribution in [2.75, 3.05) is 12.9 Å². The summed E-state index contributed by atoms with van der Waals surface area (Å²) in [4.78, 5) is 8.24. The van der Waals surface area contributed by atoms with Gasteiger partial charge in [0, 0.05) is 23.8 Å². The van der Waals surface area contributed by atoms with Crippen LogP contribution in [0.5, 0.6) is 5.88 Å². The van der Waals surface area contributed by atoms with E-state index in [-0.39, 0.29) is 6.42 Å². The lowest BCUT2D eigenvalue weighted by Crippen LogP contribution is -2.38. The number of hydrogen-bond donors (Lipinski definition) is 0. The Hall–Kier alpha value is -2.13. The van der Waals surface area contributed by atoms with E-state index in [1.54, 1.807) is 29.3 Å². The molecule has 0 spiro atoms. The van der Waals surface area contributed by atoms with Crippen molar-refractivity contribution >= 4 is 10.1 Å². The fourth-order valence-corrected chi connectivity index (χ4v) is 2.14. The van der Waals surface area contributed by atoms with Gasteiger partial charge in [-0.15, -0.1) is 0 Å². The first-order valence-corrected chi connectivity index (χ1v) is 7.71. The van der Waals surface area contributed by atoms with E-state index >= 15 is 0 Å². The van der Waals surface area contributed by atoms with E-state index < -0.39 is 15.9 Å². The molecule has 8 nitrogen and oxygen atoms in total. The zero-order valence-electron chi connectivity index (χ0n) is 11.3. The topological polar surface area (TPSA) is 109 Å². The molecule has 0 N–H and O–H groups in total. The second-order valence-corrected chi connectivity index (χ2v) is 5.76. The van der Waals surface area contributed by atoms with Crippen molar-refractivity contribution in [2.24, 2.45) is 0 Å². The van der Waals surface area contributed by atoms with Crippen LogP contribution in [0.4, 0.5) is 0 Å².